The maximum atomic E-state index is 6.22. The van der Waals surface area contributed by atoms with Crippen molar-refractivity contribution in [3.8, 4) is 0 Å². The molecule has 0 bridgehead atoms. The van der Waals surface area contributed by atoms with Crippen molar-refractivity contribution in [2.75, 3.05) is 5.32 Å². The lowest BCUT2D eigenvalue weighted by molar-refractivity contribution is 1.05. The molecule has 0 atom stereocenters. The van der Waals surface area contributed by atoms with Gasteiger partial charge in [0.1, 0.15) is 0 Å². The van der Waals surface area contributed by atoms with Crippen LogP contribution in [0.3, 0.4) is 0 Å². The van der Waals surface area contributed by atoms with Gasteiger partial charge in [-0.1, -0.05) is 47.5 Å². The summed E-state index contributed by atoms with van der Waals surface area (Å²) in [6.07, 6.45) is 0. The summed E-state index contributed by atoms with van der Waals surface area (Å²) >= 11 is 14.5. The van der Waals surface area contributed by atoms with Gasteiger partial charge in [0.15, 0.2) is 11.0 Å². The van der Waals surface area contributed by atoms with Gasteiger partial charge in [0, 0.05) is 14.3 Å². The molecule has 1 heterocycles. The van der Waals surface area contributed by atoms with Crippen molar-refractivity contribution < 1.29 is 0 Å². The SMILES string of the molecule is Clc1cc(I)ccc1Nc1nnc(Cl)c2ccccc12. The van der Waals surface area contributed by atoms with Crippen molar-refractivity contribution in [3.63, 3.8) is 0 Å². The molecular weight excluding hydrogens is 408 g/mol. The topological polar surface area (TPSA) is 37.8 Å². The fourth-order valence-corrected chi connectivity index (χ4v) is 2.99. The van der Waals surface area contributed by atoms with Crippen LogP contribution >= 0.6 is 45.8 Å². The molecule has 0 radical (unpaired) electrons. The minimum Gasteiger partial charge on any atom is -0.337 e. The molecule has 0 fully saturated rings. The predicted molar refractivity (Wildman–Crippen MR) is 92.0 cm³/mol. The van der Waals surface area contributed by atoms with Crippen LogP contribution in [0.1, 0.15) is 0 Å². The summed E-state index contributed by atoms with van der Waals surface area (Å²) in [7, 11) is 0. The zero-order valence-corrected chi connectivity index (χ0v) is 13.7. The van der Waals surface area contributed by atoms with E-state index in [4.69, 9.17) is 23.2 Å². The lowest BCUT2D eigenvalue weighted by atomic mass is 10.2. The number of rotatable bonds is 2. The van der Waals surface area contributed by atoms with E-state index in [1.54, 1.807) is 0 Å². The lowest BCUT2D eigenvalue weighted by Gasteiger charge is -2.10. The third-order valence-electron chi connectivity index (χ3n) is 2.83. The number of aromatic nitrogens is 2. The number of benzene rings is 2. The highest BCUT2D eigenvalue weighted by Crippen LogP contribution is 2.31. The molecule has 0 spiro atoms. The summed E-state index contributed by atoms with van der Waals surface area (Å²) in [5.41, 5.74) is 0.786. The van der Waals surface area contributed by atoms with Crippen LogP contribution in [0.25, 0.3) is 10.8 Å². The van der Waals surface area contributed by atoms with Crippen molar-refractivity contribution in [2.45, 2.75) is 0 Å². The Labute approximate surface area is 139 Å². The zero-order valence-electron chi connectivity index (χ0n) is 10.1. The average Bonchev–Trinajstić information content (AvgIpc) is 2.45. The van der Waals surface area contributed by atoms with Gasteiger partial charge in [-0.05, 0) is 40.8 Å². The van der Waals surface area contributed by atoms with Crippen molar-refractivity contribution in [3.05, 3.63) is 56.2 Å². The second-order valence-corrected chi connectivity index (χ2v) is 6.15. The van der Waals surface area contributed by atoms with Crippen LogP contribution < -0.4 is 5.32 Å². The van der Waals surface area contributed by atoms with E-state index in [-0.39, 0.29) is 0 Å². The smallest absolute Gasteiger partial charge is 0.161 e. The Morgan fingerprint density at radius 2 is 1.70 bits per heavy atom. The number of hydrogen-bond donors (Lipinski definition) is 1. The molecule has 0 amide bonds. The van der Waals surface area contributed by atoms with Crippen LogP contribution in [-0.2, 0) is 0 Å². The molecule has 1 N–H and O–H groups in total. The Morgan fingerprint density at radius 1 is 0.950 bits per heavy atom. The first-order valence-corrected chi connectivity index (χ1v) is 7.61. The van der Waals surface area contributed by atoms with Gasteiger partial charge < -0.3 is 5.32 Å². The van der Waals surface area contributed by atoms with Gasteiger partial charge in [0.25, 0.3) is 0 Å². The van der Waals surface area contributed by atoms with E-state index in [1.165, 1.54) is 0 Å². The maximum absolute atomic E-state index is 6.22. The van der Waals surface area contributed by atoms with Gasteiger partial charge in [-0.15, -0.1) is 10.2 Å². The molecule has 2 aromatic carbocycles. The summed E-state index contributed by atoms with van der Waals surface area (Å²) in [5.74, 6) is 0.633. The maximum Gasteiger partial charge on any atom is 0.161 e. The Balaban J connectivity index is 2.09. The molecule has 100 valence electrons. The van der Waals surface area contributed by atoms with Gasteiger partial charge in [0.05, 0.1) is 10.7 Å². The third kappa shape index (κ3) is 2.68. The number of anilines is 2. The summed E-state index contributed by atoms with van der Waals surface area (Å²) < 4.78 is 1.07. The minimum atomic E-state index is 0.389. The Kier molecular flexibility index (Phi) is 3.96. The molecule has 3 rings (SSSR count). The highest BCUT2D eigenvalue weighted by Gasteiger charge is 2.09. The van der Waals surface area contributed by atoms with Gasteiger partial charge >= 0.3 is 0 Å². The molecule has 0 aliphatic rings. The molecular formula is C14H8Cl2IN3. The van der Waals surface area contributed by atoms with E-state index in [0.29, 0.717) is 16.0 Å². The monoisotopic (exact) mass is 415 g/mol. The van der Waals surface area contributed by atoms with E-state index < -0.39 is 0 Å². The molecule has 20 heavy (non-hydrogen) atoms. The first-order valence-electron chi connectivity index (χ1n) is 5.78. The van der Waals surface area contributed by atoms with Crippen molar-refractivity contribution >= 4 is 68.1 Å². The molecule has 0 saturated heterocycles. The van der Waals surface area contributed by atoms with Crippen LogP contribution in [0.4, 0.5) is 11.5 Å². The normalized spacial score (nSPS) is 10.8. The Bertz CT molecular complexity index is 792. The number of halogens is 3. The second-order valence-electron chi connectivity index (χ2n) is 4.13. The number of fused-ring (bicyclic) bond motifs is 1. The second kappa shape index (κ2) is 5.71. The first-order chi connectivity index (χ1) is 9.65. The van der Waals surface area contributed by atoms with E-state index in [1.807, 2.05) is 42.5 Å². The highest BCUT2D eigenvalue weighted by molar-refractivity contribution is 14.1. The molecule has 3 nitrogen and oxygen atoms in total. The number of nitrogens with one attached hydrogen (secondary N) is 1. The molecule has 0 saturated carbocycles. The van der Waals surface area contributed by atoms with Crippen molar-refractivity contribution in [1.82, 2.24) is 10.2 Å². The number of nitrogens with zero attached hydrogens (tertiary/aromatic N) is 2. The van der Waals surface area contributed by atoms with E-state index in [0.717, 1.165) is 20.0 Å². The summed E-state index contributed by atoms with van der Waals surface area (Å²) in [4.78, 5) is 0. The van der Waals surface area contributed by atoms with E-state index in [9.17, 15) is 0 Å². The average molecular weight is 416 g/mol. The Morgan fingerprint density at radius 3 is 2.45 bits per heavy atom. The lowest BCUT2D eigenvalue weighted by Crippen LogP contribution is -1.98. The quantitative estimate of drug-likeness (QED) is 0.578. The van der Waals surface area contributed by atoms with E-state index in [2.05, 4.69) is 38.1 Å². The van der Waals surface area contributed by atoms with Gasteiger partial charge in [-0.25, -0.2) is 0 Å². The number of hydrogen-bond acceptors (Lipinski definition) is 3. The standard InChI is InChI=1S/C14H8Cl2IN3/c15-11-7-8(17)5-6-12(11)18-14-10-4-2-1-3-9(10)13(16)19-20-14/h1-7H,(H,18,20). The van der Waals surface area contributed by atoms with Crippen LogP contribution in [-0.4, -0.2) is 10.2 Å². The van der Waals surface area contributed by atoms with Crippen molar-refractivity contribution in [2.24, 2.45) is 0 Å². The highest BCUT2D eigenvalue weighted by atomic mass is 127. The van der Waals surface area contributed by atoms with Crippen molar-refractivity contribution in [1.29, 1.82) is 0 Å². The first kappa shape index (κ1) is 13.9. The van der Waals surface area contributed by atoms with Crippen LogP contribution in [0.5, 0.6) is 0 Å². The molecule has 3 aromatic rings. The third-order valence-corrected chi connectivity index (χ3v) is 4.09. The zero-order chi connectivity index (χ0) is 14.1. The molecule has 6 heteroatoms. The Hall–Kier alpha value is -1.11. The molecule has 1 aromatic heterocycles. The fraction of sp³-hybridized carbons (Fsp3) is 0. The summed E-state index contributed by atoms with van der Waals surface area (Å²) in [5, 5.41) is 14.1. The van der Waals surface area contributed by atoms with Crippen LogP contribution in [0.2, 0.25) is 10.2 Å². The minimum absolute atomic E-state index is 0.389. The van der Waals surface area contributed by atoms with Crippen LogP contribution in [0.15, 0.2) is 42.5 Å². The largest absolute Gasteiger partial charge is 0.337 e. The fourth-order valence-electron chi connectivity index (χ4n) is 1.88. The predicted octanol–water partition coefficient (Wildman–Crippen LogP) is 5.28. The summed E-state index contributed by atoms with van der Waals surface area (Å²) in [6.45, 7) is 0. The molecule has 0 aliphatic heterocycles. The van der Waals surface area contributed by atoms with Gasteiger partial charge in [-0.2, -0.15) is 0 Å². The van der Waals surface area contributed by atoms with Gasteiger partial charge in [-0.3, -0.25) is 0 Å². The van der Waals surface area contributed by atoms with Gasteiger partial charge in [0.2, 0.25) is 0 Å². The van der Waals surface area contributed by atoms with Crippen LogP contribution in [0, 0.1) is 3.57 Å². The molecule has 0 aliphatic carbocycles. The van der Waals surface area contributed by atoms with E-state index >= 15 is 0 Å². The summed E-state index contributed by atoms with van der Waals surface area (Å²) in [6, 6.07) is 13.5. The molecule has 0 unspecified atom stereocenters.